The number of Topliss-reactive ketones (excluding diaryl/α,β-unsaturated/α-hetero) is 1. The molecular weight excluding hydrogens is 466 g/mol. The fraction of sp³-hybridized carbons (Fsp3) is 0.0714. The number of aliphatic hydroxyl groups is 1. The molecule has 0 aliphatic carbocycles. The van der Waals surface area contributed by atoms with Crippen molar-refractivity contribution in [3.05, 3.63) is 107 Å². The maximum Gasteiger partial charge on any atom is 0.300 e. The van der Waals surface area contributed by atoms with E-state index >= 15 is 0 Å². The van der Waals surface area contributed by atoms with E-state index in [1.807, 2.05) is 42.5 Å². The molecule has 7 heteroatoms. The van der Waals surface area contributed by atoms with Crippen LogP contribution in [-0.2, 0) is 9.59 Å². The number of carbonyl (C=O) groups excluding carboxylic acids is 2. The molecule has 6 nitrogen and oxygen atoms in total. The first-order valence-electron chi connectivity index (χ1n) is 11.0. The van der Waals surface area contributed by atoms with Gasteiger partial charge in [-0.3, -0.25) is 14.5 Å². The second-order valence-electron chi connectivity index (χ2n) is 8.28. The number of ether oxygens (including phenoxy) is 2. The van der Waals surface area contributed by atoms with E-state index in [1.54, 1.807) is 42.5 Å². The van der Waals surface area contributed by atoms with Gasteiger partial charge in [0.2, 0.25) is 6.79 Å². The Bertz CT molecular complexity index is 1540. The number of amides is 1. The summed E-state index contributed by atoms with van der Waals surface area (Å²) in [6.45, 7) is 0.0799. The molecule has 1 N–H and O–H groups in total. The van der Waals surface area contributed by atoms with Crippen molar-refractivity contribution in [3.63, 3.8) is 0 Å². The summed E-state index contributed by atoms with van der Waals surface area (Å²) < 4.78 is 10.8. The third-order valence-corrected chi connectivity index (χ3v) is 6.57. The number of anilines is 1. The van der Waals surface area contributed by atoms with Crippen molar-refractivity contribution in [1.82, 2.24) is 0 Å². The van der Waals surface area contributed by atoms with Gasteiger partial charge in [0.1, 0.15) is 5.76 Å². The summed E-state index contributed by atoms with van der Waals surface area (Å²) in [5, 5.41) is 13.7. The van der Waals surface area contributed by atoms with E-state index < -0.39 is 17.7 Å². The van der Waals surface area contributed by atoms with Gasteiger partial charge in [-0.2, -0.15) is 0 Å². The zero-order valence-corrected chi connectivity index (χ0v) is 19.0. The molecule has 0 bridgehead atoms. The number of aliphatic hydroxyl groups excluding tert-OH is 1. The van der Waals surface area contributed by atoms with Crippen molar-refractivity contribution >= 4 is 45.5 Å². The van der Waals surface area contributed by atoms with Crippen LogP contribution in [0.2, 0.25) is 5.02 Å². The zero-order chi connectivity index (χ0) is 24.1. The minimum Gasteiger partial charge on any atom is -0.507 e. The van der Waals surface area contributed by atoms with Gasteiger partial charge >= 0.3 is 0 Å². The smallest absolute Gasteiger partial charge is 0.300 e. The number of benzene rings is 4. The molecule has 1 fully saturated rings. The predicted octanol–water partition coefficient (Wildman–Crippen LogP) is 5.85. The molecule has 0 aromatic heterocycles. The molecule has 0 radical (unpaired) electrons. The van der Waals surface area contributed by atoms with E-state index in [-0.39, 0.29) is 18.1 Å². The quantitative estimate of drug-likeness (QED) is 0.225. The number of rotatable bonds is 3. The average Bonchev–Trinajstić information content (AvgIpc) is 3.46. The van der Waals surface area contributed by atoms with Crippen LogP contribution in [0.4, 0.5) is 5.69 Å². The van der Waals surface area contributed by atoms with Crippen LogP contribution in [0.3, 0.4) is 0 Å². The Kier molecular flexibility index (Phi) is 4.97. The molecule has 0 spiro atoms. The van der Waals surface area contributed by atoms with E-state index in [2.05, 4.69) is 0 Å². The average molecular weight is 484 g/mol. The molecule has 1 saturated heterocycles. The number of hydrogen-bond acceptors (Lipinski definition) is 5. The fourth-order valence-corrected chi connectivity index (χ4v) is 4.81. The van der Waals surface area contributed by atoms with Gasteiger partial charge in [0.05, 0.1) is 11.6 Å². The van der Waals surface area contributed by atoms with Crippen molar-refractivity contribution in [1.29, 1.82) is 0 Å². The van der Waals surface area contributed by atoms with Crippen LogP contribution >= 0.6 is 11.6 Å². The summed E-state index contributed by atoms with van der Waals surface area (Å²) in [7, 11) is 0. The fourth-order valence-electron chi connectivity index (χ4n) is 4.68. The van der Waals surface area contributed by atoms with Crippen LogP contribution in [0, 0.1) is 0 Å². The molecule has 1 atom stereocenters. The van der Waals surface area contributed by atoms with Crippen molar-refractivity contribution < 1.29 is 24.2 Å². The van der Waals surface area contributed by atoms with Crippen molar-refractivity contribution in [2.24, 2.45) is 0 Å². The number of hydrogen-bond donors (Lipinski definition) is 1. The highest BCUT2D eigenvalue weighted by atomic mass is 35.5. The van der Waals surface area contributed by atoms with Crippen molar-refractivity contribution in [2.75, 3.05) is 11.7 Å². The molecule has 2 aliphatic rings. The Balaban J connectivity index is 1.61. The summed E-state index contributed by atoms with van der Waals surface area (Å²) in [6, 6.07) is 24.2. The lowest BCUT2D eigenvalue weighted by Gasteiger charge is -2.26. The lowest BCUT2D eigenvalue weighted by Crippen LogP contribution is -2.29. The molecule has 172 valence electrons. The van der Waals surface area contributed by atoms with Gasteiger partial charge in [-0.15, -0.1) is 0 Å². The molecule has 6 rings (SSSR count). The summed E-state index contributed by atoms with van der Waals surface area (Å²) in [4.78, 5) is 28.2. The van der Waals surface area contributed by atoms with Crippen molar-refractivity contribution in [2.45, 2.75) is 6.04 Å². The number of halogens is 1. The first-order valence-corrected chi connectivity index (χ1v) is 11.3. The number of ketones is 1. The lowest BCUT2D eigenvalue weighted by molar-refractivity contribution is -0.132. The molecule has 1 amide bonds. The molecule has 2 heterocycles. The Morgan fingerprint density at radius 1 is 0.886 bits per heavy atom. The van der Waals surface area contributed by atoms with E-state index in [9.17, 15) is 14.7 Å². The molecule has 4 aromatic carbocycles. The van der Waals surface area contributed by atoms with E-state index in [1.165, 1.54) is 4.90 Å². The van der Waals surface area contributed by atoms with Gasteiger partial charge in [-0.25, -0.2) is 0 Å². The Morgan fingerprint density at radius 3 is 2.46 bits per heavy atom. The zero-order valence-electron chi connectivity index (χ0n) is 18.3. The molecule has 0 saturated carbocycles. The van der Waals surface area contributed by atoms with Crippen LogP contribution in [0.1, 0.15) is 17.2 Å². The van der Waals surface area contributed by atoms with Gasteiger partial charge in [0.25, 0.3) is 11.7 Å². The van der Waals surface area contributed by atoms with Gasteiger partial charge < -0.3 is 14.6 Å². The van der Waals surface area contributed by atoms with Crippen LogP contribution in [0.5, 0.6) is 11.5 Å². The van der Waals surface area contributed by atoms with E-state index in [0.29, 0.717) is 27.8 Å². The molecular formula is C28H18ClNO5. The molecule has 2 aliphatic heterocycles. The Hall–Kier alpha value is -4.29. The first kappa shape index (κ1) is 21.3. The standard InChI is InChI=1S/C28H18ClNO5/c29-18-9-11-19(12-10-18)30-25(21-7-3-5-16-4-1-2-6-20(16)21)24(27(32)28(30)33)26(31)17-8-13-22-23(14-17)35-15-34-22/h1-14,25,31H,15H2/b26-24-. The molecule has 4 aromatic rings. The maximum absolute atomic E-state index is 13.4. The van der Waals surface area contributed by atoms with Gasteiger partial charge in [0, 0.05) is 16.3 Å². The third-order valence-electron chi connectivity index (χ3n) is 6.31. The first-order chi connectivity index (χ1) is 17.0. The molecule has 35 heavy (non-hydrogen) atoms. The van der Waals surface area contributed by atoms with E-state index in [4.69, 9.17) is 21.1 Å². The number of carbonyl (C=O) groups is 2. The van der Waals surface area contributed by atoms with Gasteiger partial charge in [-0.1, -0.05) is 54.1 Å². The predicted molar refractivity (Wildman–Crippen MR) is 133 cm³/mol. The van der Waals surface area contributed by atoms with Crippen LogP contribution in [0.15, 0.2) is 90.5 Å². The summed E-state index contributed by atoms with van der Waals surface area (Å²) in [5.41, 5.74) is 1.58. The highest BCUT2D eigenvalue weighted by molar-refractivity contribution is 6.52. The van der Waals surface area contributed by atoms with Crippen LogP contribution in [0.25, 0.3) is 16.5 Å². The SMILES string of the molecule is O=C1C(=O)N(c2ccc(Cl)cc2)C(c2cccc3ccccc23)/C1=C(/O)c1ccc2c(c1)OCO2. The topological polar surface area (TPSA) is 76.1 Å². The summed E-state index contributed by atoms with van der Waals surface area (Å²) >= 11 is 6.08. The van der Waals surface area contributed by atoms with Gasteiger partial charge in [-0.05, 0) is 58.8 Å². The highest BCUT2D eigenvalue weighted by Crippen LogP contribution is 2.45. The Labute approximate surface area is 205 Å². The van der Waals surface area contributed by atoms with Crippen LogP contribution < -0.4 is 14.4 Å². The third kappa shape index (κ3) is 3.42. The van der Waals surface area contributed by atoms with Crippen molar-refractivity contribution in [3.8, 4) is 11.5 Å². The Morgan fingerprint density at radius 2 is 1.63 bits per heavy atom. The van der Waals surface area contributed by atoms with E-state index in [0.717, 1.165) is 16.3 Å². The number of fused-ring (bicyclic) bond motifs is 2. The highest BCUT2D eigenvalue weighted by Gasteiger charge is 2.47. The number of nitrogens with zero attached hydrogens (tertiary/aromatic N) is 1. The lowest BCUT2D eigenvalue weighted by atomic mass is 9.91. The van der Waals surface area contributed by atoms with Gasteiger partial charge in [0.15, 0.2) is 11.5 Å². The second kappa shape index (κ2) is 8.18. The summed E-state index contributed by atoms with van der Waals surface area (Å²) in [5.74, 6) is -0.770. The normalized spacial score (nSPS) is 18.4. The second-order valence-corrected chi connectivity index (χ2v) is 8.72. The van der Waals surface area contributed by atoms with Crippen LogP contribution in [-0.4, -0.2) is 23.6 Å². The summed E-state index contributed by atoms with van der Waals surface area (Å²) in [6.07, 6.45) is 0. The minimum absolute atomic E-state index is 0.000156. The monoisotopic (exact) mass is 483 g/mol. The largest absolute Gasteiger partial charge is 0.507 e. The maximum atomic E-state index is 13.4. The minimum atomic E-state index is -0.854. The molecule has 1 unspecified atom stereocenters.